The third kappa shape index (κ3) is 3.05. The van der Waals surface area contributed by atoms with Crippen LogP contribution in [0.25, 0.3) is 0 Å². The number of nitrogens with two attached hydrogens (primary N) is 1. The molecule has 4 fully saturated rings. The average Bonchev–Trinajstić information content (AvgIpc) is 2.33. The first-order valence-electron chi connectivity index (χ1n) is 8.38. The maximum Gasteiger partial charge on any atom is 0.407 e. The van der Waals surface area contributed by atoms with E-state index >= 15 is 0 Å². The van der Waals surface area contributed by atoms with Crippen LogP contribution in [0.1, 0.15) is 59.3 Å². The number of nitrogens with one attached hydrogen (secondary N) is 1. The highest BCUT2D eigenvalue weighted by Gasteiger charge is 2.57. The van der Waals surface area contributed by atoms with Crippen molar-refractivity contribution in [2.24, 2.45) is 28.4 Å². The maximum absolute atomic E-state index is 11.9. The van der Waals surface area contributed by atoms with Gasteiger partial charge < -0.3 is 15.8 Å². The van der Waals surface area contributed by atoms with Gasteiger partial charge in [-0.05, 0) is 83.1 Å². The summed E-state index contributed by atoms with van der Waals surface area (Å²) in [6.45, 7) is 7.30. The van der Waals surface area contributed by atoms with Gasteiger partial charge in [-0.2, -0.15) is 0 Å². The van der Waals surface area contributed by atoms with E-state index in [0.29, 0.717) is 12.0 Å². The van der Waals surface area contributed by atoms with Gasteiger partial charge in [0.05, 0.1) is 6.61 Å². The van der Waals surface area contributed by atoms with Gasteiger partial charge in [-0.15, -0.1) is 0 Å². The van der Waals surface area contributed by atoms with Crippen molar-refractivity contribution < 1.29 is 9.53 Å². The molecule has 4 saturated carbocycles. The fraction of sp³-hybridized carbons (Fsp3) is 0.941. The first kappa shape index (κ1) is 15.1. The minimum absolute atomic E-state index is 0.207. The summed E-state index contributed by atoms with van der Waals surface area (Å²) >= 11 is 0. The normalized spacial score (nSPS) is 41.1. The molecule has 2 atom stereocenters. The highest BCUT2D eigenvalue weighted by Crippen LogP contribution is 2.64. The van der Waals surface area contributed by atoms with Crippen molar-refractivity contribution in [1.82, 2.24) is 5.32 Å². The zero-order chi connectivity index (χ0) is 15.3. The number of carbonyl (C=O) groups is 1. The molecule has 0 saturated heterocycles. The van der Waals surface area contributed by atoms with Crippen LogP contribution in [-0.4, -0.2) is 24.8 Å². The molecule has 4 bridgehead atoms. The van der Waals surface area contributed by atoms with Crippen molar-refractivity contribution in [1.29, 1.82) is 0 Å². The number of hydrogen-bond acceptors (Lipinski definition) is 3. The molecule has 2 unspecified atom stereocenters. The van der Waals surface area contributed by atoms with Crippen LogP contribution in [0.3, 0.4) is 0 Å². The Morgan fingerprint density at radius 1 is 1.19 bits per heavy atom. The van der Waals surface area contributed by atoms with Gasteiger partial charge in [-0.25, -0.2) is 4.79 Å². The van der Waals surface area contributed by atoms with Crippen molar-refractivity contribution in [3.8, 4) is 0 Å². The summed E-state index contributed by atoms with van der Waals surface area (Å²) < 4.78 is 5.60. The third-order valence-electron chi connectivity index (χ3n) is 5.72. The van der Waals surface area contributed by atoms with Crippen LogP contribution in [0.4, 0.5) is 4.79 Å². The second kappa shape index (κ2) is 4.87. The van der Waals surface area contributed by atoms with E-state index in [9.17, 15) is 4.79 Å². The second-order valence-corrected chi connectivity index (χ2v) is 9.12. The summed E-state index contributed by atoms with van der Waals surface area (Å²) in [5.41, 5.74) is 6.41. The smallest absolute Gasteiger partial charge is 0.407 e. The van der Waals surface area contributed by atoms with Crippen LogP contribution >= 0.6 is 0 Å². The van der Waals surface area contributed by atoms with Crippen LogP contribution in [0.15, 0.2) is 0 Å². The Hall–Kier alpha value is -0.770. The van der Waals surface area contributed by atoms with Gasteiger partial charge in [0.25, 0.3) is 0 Å². The standard InChI is InChI=1S/C17H30N2O2/c1-15(2,3)19-14(20)21-11-17-7-12-4-13(8-17)6-16(5-12,9-17)10-18/h12-13H,4-11,18H2,1-3H3,(H,19,20). The SMILES string of the molecule is CC(C)(C)NC(=O)OCC12CC3CC(CC(CN)(C3)C1)C2. The molecule has 21 heavy (non-hydrogen) atoms. The van der Waals surface area contributed by atoms with Gasteiger partial charge in [-0.1, -0.05) is 0 Å². The van der Waals surface area contributed by atoms with Crippen molar-refractivity contribution in [3.63, 3.8) is 0 Å². The Balaban J connectivity index is 1.64. The maximum atomic E-state index is 11.9. The number of ether oxygens (including phenoxy) is 1. The van der Waals surface area contributed by atoms with E-state index in [2.05, 4.69) is 5.32 Å². The van der Waals surface area contributed by atoms with E-state index < -0.39 is 0 Å². The summed E-state index contributed by atoms with van der Waals surface area (Å²) in [5, 5.41) is 2.89. The Kier molecular flexibility index (Phi) is 3.51. The summed E-state index contributed by atoms with van der Waals surface area (Å²) in [4.78, 5) is 11.9. The molecule has 0 aliphatic heterocycles. The Morgan fingerprint density at radius 3 is 2.29 bits per heavy atom. The van der Waals surface area contributed by atoms with Crippen LogP contribution < -0.4 is 11.1 Å². The highest BCUT2D eigenvalue weighted by atomic mass is 16.5. The van der Waals surface area contributed by atoms with Gasteiger partial charge in [0.15, 0.2) is 0 Å². The van der Waals surface area contributed by atoms with E-state index in [1.54, 1.807) is 0 Å². The van der Waals surface area contributed by atoms with Gasteiger partial charge in [-0.3, -0.25) is 0 Å². The number of rotatable bonds is 3. The van der Waals surface area contributed by atoms with E-state index in [-0.39, 0.29) is 17.0 Å². The number of amides is 1. The molecule has 3 N–H and O–H groups in total. The molecule has 0 radical (unpaired) electrons. The lowest BCUT2D eigenvalue weighted by atomic mass is 9.44. The summed E-state index contributed by atoms with van der Waals surface area (Å²) in [7, 11) is 0. The Labute approximate surface area is 128 Å². The molecular weight excluding hydrogens is 264 g/mol. The molecular formula is C17H30N2O2. The fourth-order valence-corrected chi connectivity index (χ4v) is 5.62. The molecule has 120 valence electrons. The van der Waals surface area contributed by atoms with Gasteiger partial charge in [0.2, 0.25) is 0 Å². The third-order valence-corrected chi connectivity index (χ3v) is 5.72. The van der Waals surface area contributed by atoms with Crippen molar-refractivity contribution >= 4 is 6.09 Å². The molecule has 0 aromatic carbocycles. The number of alkyl carbamates (subject to hydrolysis) is 1. The van der Waals surface area contributed by atoms with Crippen molar-refractivity contribution in [3.05, 3.63) is 0 Å². The Bertz CT molecular complexity index is 413. The van der Waals surface area contributed by atoms with Gasteiger partial charge in [0.1, 0.15) is 0 Å². The monoisotopic (exact) mass is 294 g/mol. The topological polar surface area (TPSA) is 64.3 Å². The molecule has 0 heterocycles. The van der Waals surface area contributed by atoms with E-state index in [0.717, 1.165) is 24.8 Å². The van der Waals surface area contributed by atoms with E-state index in [4.69, 9.17) is 10.5 Å². The van der Waals surface area contributed by atoms with Crippen LogP contribution in [0.5, 0.6) is 0 Å². The van der Waals surface area contributed by atoms with Gasteiger partial charge >= 0.3 is 6.09 Å². The summed E-state index contributed by atoms with van der Waals surface area (Å²) in [6, 6.07) is 0. The van der Waals surface area contributed by atoms with Crippen molar-refractivity contribution in [2.75, 3.05) is 13.2 Å². The summed E-state index contributed by atoms with van der Waals surface area (Å²) in [5.74, 6) is 1.62. The van der Waals surface area contributed by atoms with E-state index in [1.807, 2.05) is 20.8 Å². The number of carbonyl (C=O) groups excluding carboxylic acids is 1. The van der Waals surface area contributed by atoms with Crippen molar-refractivity contribution in [2.45, 2.75) is 64.8 Å². The predicted octanol–water partition coefficient (Wildman–Crippen LogP) is 3.06. The molecule has 4 aliphatic rings. The molecule has 4 nitrogen and oxygen atoms in total. The quantitative estimate of drug-likeness (QED) is 0.841. The average molecular weight is 294 g/mol. The van der Waals surface area contributed by atoms with Crippen LogP contribution in [-0.2, 0) is 4.74 Å². The zero-order valence-corrected chi connectivity index (χ0v) is 13.7. The van der Waals surface area contributed by atoms with Crippen LogP contribution in [0, 0.1) is 22.7 Å². The first-order valence-corrected chi connectivity index (χ1v) is 8.38. The molecule has 4 aliphatic carbocycles. The van der Waals surface area contributed by atoms with Gasteiger partial charge in [0, 0.05) is 11.0 Å². The molecule has 0 aromatic heterocycles. The minimum atomic E-state index is -0.278. The highest BCUT2D eigenvalue weighted by molar-refractivity contribution is 5.68. The number of hydrogen-bond donors (Lipinski definition) is 2. The lowest BCUT2D eigenvalue weighted by Gasteiger charge is -2.61. The Morgan fingerprint density at radius 2 is 1.76 bits per heavy atom. The predicted molar refractivity (Wildman–Crippen MR) is 82.8 cm³/mol. The fourth-order valence-electron chi connectivity index (χ4n) is 5.62. The second-order valence-electron chi connectivity index (χ2n) is 9.12. The van der Waals surface area contributed by atoms with Crippen LogP contribution in [0.2, 0.25) is 0 Å². The molecule has 1 amide bonds. The molecule has 4 heteroatoms. The van der Waals surface area contributed by atoms with E-state index in [1.165, 1.54) is 32.1 Å². The molecule has 0 spiro atoms. The zero-order valence-electron chi connectivity index (χ0n) is 13.7. The lowest BCUT2D eigenvalue weighted by molar-refractivity contribution is -0.126. The minimum Gasteiger partial charge on any atom is -0.449 e. The first-order chi connectivity index (χ1) is 9.73. The molecule has 0 aromatic rings. The lowest BCUT2D eigenvalue weighted by Crippen LogP contribution is -2.56. The summed E-state index contributed by atoms with van der Waals surface area (Å²) in [6.07, 6.45) is 7.32. The largest absolute Gasteiger partial charge is 0.449 e. The molecule has 4 rings (SSSR count).